The molecule has 1 aromatic heterocycles. The molecular formula is C18H23N5O2. The van der Waals surface area contributed by atoms with Crippen molar-refractivity contribution in [2.24, 2.45) is 5.73 Å². The minimum absolute atomic E-state index is 0.0940. The van der Waals surface area contributed by atoms with Crippen LogP contribution in [0.2, 0.25) is 0 Å². The zero-order chi connectivity index (χ0) is 18.1. The van der Waals surface area contributed by atoms with Gasteiger partial charge >= 0.3 is 6.03 Å². The van der Waals surface area contributed by atoms with Gasteiger partial charge in [0.1, 0.15) is 0 Å². The quantitative estimate of drug-likeness (QED) is 0.615. The van der Waals surface area contributed by atoms with E-state index in [1.807, 2.05) is 30.3 Å². The van der Waals surface area contributed by atoms with Crippen LogP contribution in [0.4, 0.5) is 10.5 Å². The molecule has 1 atom stereocenters. The molecule has 0 bridgehead atoms. The third-order valence-corrected chi connectivity index (χ3v) is 3.38. The van der Waals surface area contributed by atoms with Crippen LogP contribution in [0.3, 0.4) is 0 Å². The van der Waals surface area contributed by atoms with Crippen LogP contribution in [0.5, 0.6) is 0 Å². The first-order valence-corrected chi connectivity index (χ1v) is 8.08. The van der Waals surface area contributed by atoms with Crippen LogP contribution >= 0.6 is 0 Å². The van der Waals surface area contributed by atoms with Crippen LogP contribution in [-0.2, 0) is 17.9 Å². The summed E-state index contributed by atoms with van der Waals surface area (Å²) in [5.41, 5.74) is 8.11. The maximum atomic E-state index is 12.0. The molecule has 1 unspecified atom stereocenters. The van der Waals surface area contributed by atoms with Gasteiger partial charge in [-0.05, 0) is 42.3 Å². The summed E-state index contributed by atoms with van der Waals surface area (Å²) in [4.78, 5) is 27.5. The summed E-state index contributed by atoms with van der Waals surface area (Å²) in [6.45, 7) is 2.59. The highest BCUT2D eigenvalue weighted by Crippen LogP contribution is 2.10. The van der Waals surface area contributed by atoms with E-state index in [9.17, 15) is 9.59 Å². The van der Waals surface area contributed by atoms with E-state index in [2.05, 4.69) is 20.9 Å². The van der Waals surface area contributed by atoms with Crippen LogP contribution in [-0.4, -0.2) is 23.0 Å². The highest BCUT2D eigenvalue weighted by molar-refractivity contribution is 5.89. The zero-order valence-electron chi connectivity index (χ0n) is 14.2. The van der Waals surface area contributed by atoms with E-state index in [1.54, 1.807) is 25.4 Å². The van der Waals surface area contributed by atoms with Crippen LogP contribution in [0, 0.1) is 0 Å². The number of rotatable bonds is 7. The molecule has 7 nitrogen and oxygen atoms in total. The molecule has 25 heavy (non-hydrogen) atoms. The number of hydrogen-bond acceptors (Lipinski definition) is 4. The summed E-state index contributed by atoms with van der Waals surface area (Å²) in [7, 11) is 0. The van der Waals surface area contributed by atoms with E-state index in [4.69, 9.17) is 5.73 Å². The molecule has 0 saturated carbocycles. The van der Waals surface area contributed by atoms with Crippen molar-refractivity contribution in [2.75, 3.05) is 5.32 Å². The summed E-state index contributed by atoms with van der Waals surface area (Å²) < 4.78 is 0. The lowest BCUT2D eigenvalue weighted by molar-refractivity contribution is -0.121. The number of amides is 3. The summed E-state index contributed by atoms with van der Waals surface area (Å²) in [5, 5.41) is 8.36. The number of carbonyl (C=O) groups is 2. The van der Waals surface area contributed by atoms with Gasteiger partial charge in [-0.2, -0.15) is 0 Å². The second-order valence-corrected chi connectivity index (χ2v) is 5.82. The number of aromatic nitrogens is 1. The van der Waals surface area contributed by atoms with Crippen LogP contribution in [0.15, 0.2) is 48.8 Å². The molecule has 0 aliphatic heterocycles. The van der Waals surface area contributed by atoms with Gasteiger partial charge in [0.25, 0.3) is 0 Å². The molecule has 2 rings (SSSR count). The molecule has 0 spiro atoms. The lowest BCUT2D eigenvalue weighted by atomic mass is 10.2. The van der Waals surface area contributed by atoms with E-state index in [-0.39, 0.29) is 24.4 Å². The van der Waals surface area contributed by atoms with Gasteiger partial charge in [0, 0.05) is 43.6 Å². The third-order valence-electron chi connectivity index (χ3n) is 3.38. The molecule has 3 amide bonds. The van der Waals surface area contributed by atoms with Crippen LogP contribution < -0.4 is 21.7 Å². The van der Waals surface area contributed by atoms with Gasteiger partial charge in [0.05, 0.1) is 0 Å². The Kier molecular flexibility index (Phi) is 6.91. The number of hydrogen-bond donors (Lipinski definition) is 4. The lowest BCUT2D eigenvalue weighted by Gasteiger charge is -2.10. The van der Waals surface area contributed by atoms with Gasteiger partial charge in [-0.25, -0.2) is 4.79 Å². The number of nitrogens with one attached hydrogen (secondary N) is 3. The predicted octanol–water partition coefficient (Wildman–Crippen LogP) is 1.76. The highest BCUT2D eigenvalue weighted by atomic mass is 16.2. The molecule has 1 aromatic carbocycles. The number of benzene rings is 1. The zero-order valence-corrected chi connectivity index (χ0v) is 14.2. The van der Waals surface area contributed by atoms with Crippen molar-refractivity contribution in [1.82, 2.24) is 15.6 Å². The van der Waals surface area contributed by atoms with E-state index in [0.717, 1.165) is 11.1 Å². The maximum Gasteiger partial charge on any atom is 0.319 e. The average molecular weight is 341 g/mol. The monoisotopic (exact) mass is 341 g/mol. The Morgan fingerprint density at radius 2 is 1.80 bits per heavy atom. The maximum absolute atomic E-state index is 12.0. The first-order chi connectivity index (χ1) is 12.0. The standard InChI is InChI=1S/C18H23N5O2/c1-13(19)9-17(24)21-12-15-3-2-4-16(10-15)23-18(25)22-11-14-5-7-20-8-6-14/h2-8,10,13H,9,11-12,19H2,1H3,(H,21,24)(H2,22,23,25). The summed E-state index contributed by atoms with van der Waals surface area (Å²) in [6, 6.07) is 10.5. The molecule has 0 aliphatic rings. The van der Waals surface area contributed by atoms with Crippen molar-refractivity contribution in [2.45, 2.75) is 32.5 Å². The van der Waals surface area contributed by atoms with Crippen molar-refractivity contribution in [1.29, 1.82) is 0 Å². The number of nitrogens with two attached hydrogens (primary N) is 1. The summed E-state index contributed by atoms with van der Waals surface area (Å²) in [5.74, 6) is -0.0940. The van der Waals surface area contributed by atoms with E-state index in [1.165, 1.54) is 0 Å². The van der Waals surface area contributed by atoms with Gasteiger partial charge in [-0.15, -0.1) is 0 Å². The average Bonchev–Trinajstić information content (AvgIpc) is 2.59. The van der Waals surface area contributed by atoms with Gasteiger partial charge in [-0.3, -0.25) is 9.78 Å². The lowest BCUT2D eigenvalue weighted by Crippen LogP contribution is -2.29. The third kappa shape index (κ3) is 7.01. The smallest absolute Gasteiger partial charge is 0.319 e. The number of anilines is 1. The SMILES string of the molecule is CC(N)CC(=O)NCc1cccc(NC(=O)NCc2ccncc2)c1. The normalized spacial score (nSPS) is 11.4. The van der Waals surface area contributed by atoms with Crippen molar-refractivity contribution >= 4 is 17.6 Å². The summed E-state index contributed by atoms with van der Waals surface area (Å²) in [6.07, 6.45) is 3.64. The highest BCUT2D eigenvalue weighted by Gasteiger charge is 2.06. The second kappa shape index (κ2) is 9.39. The van der Waals surface area contributed by atoms with Crippen molar-refractivity contribution in [3.63, 3.8) is 0 Å². The van der Waals surface area contributed by atoms with E-state index in [0.29, 0.717) is 18.8 Å². The largest absolute Gasteiger partial charge is 0.352 e. The Morgan fingerprint density at radius 1 is 1.08 bits per heavy atom. The molecule has 132 valence electrons. The molecule has 0 fully saturated rings. The predicted molar refractivity (Wildman–Crippen MR) is 96.7 cm³/mol. The van der Waals surface area contributed by atoms with Crippen molar-refractivity contribution < 1.29 is 9.59 Å². The van der Waals surface area contributed by atoms with Gasteiger partial charge in [0.15, 0.2) is 0 Å². The molecular weight excluding hydrogens is 318 g/mol. The molecule has 7 heteroatoms. The molecule has 1 heterocycles. The Hall–Kier alpha value is -2.93. The van der Waals surface area contributed by atoms with E-state index < -0.39 is 0 Å². The minimum atomic E-state index is -0.296. The topological polar surface area (TPSA) is 109 Å². The van der Waals surface area contributed by atoms with Gasteiger partial charge in [-0.1, -0.05) is 12.1 Å². The van der Waals surface area contributed by atoms with Crippen LogP contribution in [0.1, 0.15) is 24.5 Å². The van der Waals surface area contributed by atoms with Crippen molar-refractivity contribution in [3.05, 3.63) is 59.9 Å². The number of pyridine rings is 1. The van der Waals surface area contributed by atoms with Gasteiger partial charge in [0.2, 0.25) is 5.91 Å². The minimum Gasteiger partial charge on any atom is -0.352 e. The van der Waals surface area contributed by atoms with Crippen LogP contribution in [0.25, 0.3) is 0 Å². The number of urea groups is 1. The fourth-order valence-corrected chi connectivity index (χ4v) is 2.18. The first-order valence-electron chi connectivity index (χ1n) is 8.08. The van der Waals surface area contributed by atoms with Gasteiger partial charge < -0.3 is 21.7 Å². The molecule has 5 N–H and O–H groups in total. The Morgan fingerprint density at radius 3 is 2.52 bits per heavy atom. The molecule has 0 radical (unpaired) electrons. The Labute approximate surface area is 147 Å². The molecule has 0 aliphatic carbocycles. The number of nitrogens with zero attached hydrogens (tertiary/aromatic N) is 1. The first kappa shape index (κ1) is 18.4. The Balaban J connectivity index is 1.82. The molecule has 2 aromatic rings. The summed E-state index contributed by atoms with van der Waals surface area (Å²) >= 11 is 0. The van der Waals surface area contributed by atoms with E-state index >= 15 is 0 Å². The second-order valence-electron chi connectivity index (χ2n) is 5.82. The van der Waals surface area contributed by atoms with Crippen molar-refractivity contribution in [3.8, 4) is 0 Å². The fourth-order valence-electron chi connectivity index (χ4n) is 2.18. The number of carbonyl (C=O) groups excluding carboxylic acids is 2. The fraction of sp³-hybridized carbons (Fsp3) is 0.278. The molecule has 0 saturated heterocycles. The Bertz CT molecular complexity index is 704.